The van der Waals surface area contributed by atoms with Gasteiger partial charge in [-0.15, -0.1) is 0 Å². The third kappa shape index (κ3) is 14.3. The van der Waals surface area contributed by atoms with Gasteiger partial charge in [0.1, 0.15) is 0 Å². The second-order valence-electron chi connectivity index (χ2n) is 14.1. The summed E-state index contributed by atoms with van der Waals surface area (Å²) >= 11 is 0. The molecule has 44 heavy (non-hydrogen) atoms. The summed E-state index contributed by atoms with van der Waals surface area (Å²) in [6.07, 6.45) is 18.2. The summed E-state index contributed by atoms with van der Waals surface area (Å²) in [7, 11) is 0. The molecule has 0 saturated heterocycles. The Morgan fingerprint density at radius 1 is 0.795 bits per heavy atom. The summed E-state index contributed by atoms with van der Waals surface area (Å²) < 4.78 is 16.6. The monoisotopic (exact) mass is 618 g/mol. The van der Waals surface area contributed by atoms with Crippen molar-refractivity contribution in [3.05, 3.63) is 24.3 Å². The highest BCUT2D eigenvalue weighted by molar-refractivity contribution is 5.88. The van der Waals surface area contributed by atoms with E-state index in [4.69, 9.17) is 14.2 Å². The summed E-state index contributed by atoms with van der Waals surface area (Å²) in [5.74, 6) is 1.73. The van der Waals surface area contributed by atoms with Crippen LogP contribution < -0.4 is 0 Å². The highest BCUT2D eigenvalue weighted by Crippen LogP contribution is 2.43. The molecule has 2 saturated carbocycles. The molecule has 0 aromatic heterocycles. The van der Waals surface area contributed by atoms with Crippen LogP contribution in [0.1, 0.15) is 124 Å². The molecule has 2 aliphatic rings. The van der Waals surface area contributed by atoms with Gasteiger partial charge in [-0.05, 0) is 87.4 Å². The Balaban J connectivity index is 1.97. The SMILES string of the molecule is C=C(C)C(=O)OCC(CC1CCC(C2CCC(CCCCC)CC2)CC1)CC(CCOC(=O)C(C)C)COC(=O)C(=C)CO. The first kappa shape index (κ1) is 38.0. The molecule has 0 aromatic rings. The van der Waals surface area contributed by atoms with Crippen molar-refractivity contribution in [3.63, 3.8) is 0 Å². The average molecular weight is 619 g/mol. The summed E-state index contributed by atoms with van der Waals surface area (Å²) in [4.78, 5) is 36.6. The maximum Gasteiger partial charge on any atom is 0.335 e. The molecule has 7 heteroatoms. The fourth-order valence-corrected chi connectivity index (χ4v) is 7.14. The fourth-order valence-electron chi connectivity index (χ4n) is 7.14. The molecule has 0 radical (unpaired) electrons. The van der Waals surface area contributed by atoms with Crippen LogP contribution in [0.15, 0.2) is 24.3 Å². The summed E-state index contributed by atoms with van der Waals surface area (Å²) in [6.45, 7) is 15.0. The van der Waals surface area contributed by atoms with E-state index in [0.717, 1.165) is 24.2 Å². The molecule has 2 atom stereocenters. The number of carbonyl (C=O) groups is 3. The molecule has 2 unspecified atom stereocenters. The van der Waals surface area contributed by atoms with E-state index in [0.29, 0.717) is 24.3 Å². The zero-order valence-corrected chi connectivity index (χ0v) is 28.3. The molecule has 0 heterocycles. The van der Waals surface area contributed by atoms with E-state index < -0.39 is 18.5 Å². The van der Waals surface area contributed by atoms with E-state index in [9.17, 15) is 19.5 Å². The largest absolute Gasteiger partial charge is 0.465 e. The third-order valence-electron chi connectivity index (χ3n) is 9.97. The Morgan fingerprint density at radius 3 is 1.91 bits per heavy atom. The van der Waals surface area contributed by atoms with Crippen LogP contribution in [0.4, 0.5) is 0 Å². The number of esters is 3. The predicted octanol–water partition coefficient (Wildman–Crippen LogP) is 7.99. The molecule has 2 rings (SSSR count). The molecule has 2 aliphatic carbocycles. The van der Waals surface area contributed by atoms with Crippen LogP contribution in [0, 0.1) is 41.4 Å². The van der Waals surface area contributed by atoms with Crippen LogP contribution >= 0.6 is 0 Å². The number of carbonyl (C=O) groups excluding carboxylic acids is 3. The first-order valence-corrected chi connectivity index (χ1v) is 17.5. The highest BCUT2D eigenvalue weighted by Gasteiger charge is 2.32. The standard InChI is InChI=1S/C37H62O7/c1-7-8-9-10-29-11-15-33(16-12-29)34-17-13-30(14-18-34)21-32(25-43-36(40)27(4)5)22-31(19-20-42-35(39)26(2)3)24-44-37(41)28(6)23-38/h26,29-34,38H,4,6-25H2,1-3,5H3. The number of unbranched alkanes of at least 4 members (excludes halogenated alkanes) is 2. The molecular formula is C37H62O7. The Morgan fingerprint density at radius 2 is 1.36 bits per heavy atom. The zero-order chi connectivity index (χ0) is 32.5. The lowest BCUT2D eigenvalue weighted by atomic mass is 9.67. The van der Waals surface area contributed by atoms with Gasteiger partial charge in [0, 0.05) is 5.57 Å². The number of aliphatic hydroxyl groups is 1. The van der Waals surface area contributed by atoms with Crippen molar-refractivity contribution in [2.24, 2.45) is 41.4 Å². The van der Waals surface area contributed by atoms with Gasteiger partial charge in [-0.25, -0.2) is 9.59 Å². The fraction of sp³-hybridized carbons (Fsp3) is 0.811. The second kappa shape index (κ2) is 20.8. The topological polar surface area (TPSA) is 99.1 Å². The minimum absolute atomic E-state index is 0.00339. The predicted molar refractivity (Wildman–Crippen MR) is 175 cm³/mol. The van der Waals surface area contributed by atoms with Crippen LogP contribution in [0.5, 0.6) is 0 Å². The molecular weight excluding hydrogens is 556 g/mol. The Hall–Kier alpha value is -2.15. The van der Waals surface area contributed by atoms with Gasteiger partial charge < -0.3 is 19.3 Å². The van der Waals surface area contributed by atoms with Gasteiger partial charge in [-0.3, -0.25) is 4.79 Å². The van der Waals surface area contributed by atoms with Crippen molar-refractivity contribution >= 4 is 17.9 Å². The molecule has 0 spiro atoms. The van der Waals surface area contributed by atoms with Gasteiger partial charge in [0.2, 0.25) is 0 Å². The maximum atomic E-state index is 12.3. The third-order valence-corrected chi connectivity index (χ3v) is 9.97. The number of hydrogen-bond donors (Lipinski definition) is 1. The van der Waals surface area contributed by atoms with Gasteiger partial charge in [0.25, 0.3) is 0 Å². The van der Waals surface area contributed by atoms with Crippen molar-refractivity contribution in [1.29, 1.82) is 0 Å². The van der Waals surface area contributed by atoms with Crippen molar-refractivity contribution in [1.82, 2.24) is 0 Å². The molecule has 0 aromatic carbocycles. The summed E-state index contributed by atoms with van der Waals surface area (Å²) in [5, 5.41) is 9.26. The molecule has 2 fully saturated rings. The quantitative estimate of drug-likeness (QED) is 0.0639. The summed E-state index contributed by atoms with van der Waals surface area (Å²) in [5.41, 5.74) is 0.376. The van der Waals surface area contributed by atoms with Crippen molar-refractivity contribution in [2.75, 3.05) is 26.4 Å². The average Bonchev–Trinajstić information content (AvgIpc) is 3.02. The Bertz CT molecular complexity index is 894. The van der Waals surface area contributed by atoms with Gasteiger partial charge in [0.05, 0.1) is 37.9 Å². The van der Waals surface area contributed by atoms with Crippen LogP contribution in [-0.2, 0) is 28.6 Å². The highest BCUT2D eigenvalue weighted by atomic mass is 16.5. The van der Waals surface area contributed by atoms with E-state index >= 15 is 0 Å². The Labute approximate surface area is 267 Å². The first-order chi connectivity index (χ1) is 21.0. The number of hydrogen-bond acceptors (Lipinski definition) is 7. The van der Waals surface area contributed by atoms with E-state index in [1.165, 1.54) is 77.0 Å². The van der Waals surface area contributed by atoms with E-state index in [1.54, 1.807) is 20.8 Å². The van der Waals surface area contributed by atoms with Gasteiger partial charge in [0.15, 0.2) is 0 Å². The lowest BCUT2D eigenvalue weighted by Gasteiger charge is -2.38. The van der Waals surface area contributed by atoms with Crippen molar-refractivity contribution in [3.8, 4) is 0 Å². The minimum atomic E-state index is -0.629. The first-order valence-electron chi connectivity index (χ1n) is 17.5. The van der Waals surface area contributed by atoms with Crippen LogP contribution in [-0.4, -0.2) is 49.4 Å². The van der Waals surface area contributed by atoms with E-state index in [-0.39, 0.29) is 49.1 Å². The van der Waals surface area contributed by atoms with Crippen molar-refractivity contribution in [2.45, 2.75) is 124 Å². The number of rotatable bonds is 20. The Kier molecular flexibility index (Phi) is 18.0. The molecule has 0 bridgehead atoms. The normalized spacial score (nSPS) is 23.4. The lowest BCUT2D eigenvalue weighted by molar-refractivity contribution is -0.149. The zero-order valence-electron chi connectivity index (χ0n) is 28.3. The number of ether oxygens (including phenoxy) is 3. The summed E-state index contributed by atoms with van der Waals surface area (Å²) in [6, 6.07) is 0. The van der Waals surface area contributed by atoms with Crippen LogP contribution in [0.25, 0.3) is 0 Å². The maximum absolute atomic E-state index is 12.3. The lowest BCUT2D eigenvalue weighted by Crippen LogP contribution is -2.28. The molecule has 252 valence electrons. The van der Waals surface area contributed by atoms with Crippen molar-refractivity contribution < 1.29 is 33.7 Å². The van der Waals surface area contributed by atoms with E-state index in [1.807, 2.05) is 0 Å². The smallest absolute Gasteiger partial charge is 0.335 e. The minimum Gasteiger partial charge on any atom is -0.465 e. The van der Waals surface area contributed by atoms with Crippen LogP contribution in [0.3, 0.4) is 0 Å². The van der Waals surface area contributed by atoms with Gasteiger partial charge >= 0.3 is 17.9 Å². The molecule has 7 nitrogen and oxygen atoms in total. The second-order valence-corrected chi connectivity index (χ2v) is 14.1. The molecule has 1 N–H and O–H groups in total. The van der Waals surface area contributed by atoms with Gasteiger partial charge in [-0.2, -0.15) is 0 Å². The molecule has 0 amide bonds. The van der Waals surface area contributed by atoms with E-state index in [2.05, 4.69) is 20.1 Å². The number of aliphatic hydroxyl groups excluding tert-OH is 1. The van der Waals surface area contributed by atoms with Gasteiger partial charge in [-0.1, -0.05) is 85.3 Å². The van der Waals surface area contributed by atoms with Crippen LogP contribution in [0.2, 0.25) is 0 Å². The molecule has 0 aliphatic heterocycles.